The van der Waals surface area contributed by atoms with Crippen LogP contribution in [0.1, 0.15) is 52.9 Å². The normalized spacial score (nSPS) is 23.2. The summed E-state index contributed by atoms with van der Waals surface area (Å²) >= 11 is 0. The number of rotatable bonds is 4. The quantitative estimate of drug-likeness (QED) is 0.732. The predicted molar refractivity (Wildman–Crippen MR) is 75.5 cm³/mol. The molecule has 0 aliphatic heterocycles. The molecule has 6 heteroatoms. The van der Waals surface area contributed by atoms with Crippen LogP contribution >= 0.6 is 0 Å². The zero-order chi connectivity index (χ0) is 15.3. The van der Waals surface area contributed by atoms with Gasteiger partial charge in [-0.2, -0.15) is 0 Å². The Morgan fingerprint density at radius 3 is 2.20 bits per heavy atom. The topological polar surface area (TPSA) is 89.9 Å². The first-order valence-electron chi connectivity index (χ1n) is 7.18. The molecule has 116 valence electrons. The Balaban J connectivity index is 2.56. The molecule has 1 aliphatic carbocycles. The largest absolute Gasteiger partial charge is 0.481 e. The zero-order valence-corrected chi connectivity index (χ0v) is 12.6. The van der Waals surface area contributed by atoms with Crippen LogP contribution in [0.4, 0.5) is 4.79 Å². The van der Waals surface area contributed by atoms with E-state index < -0.39 is 11.5 Å². The third-order valence-electron chi connectivity index (χ3n) is 3.63. The number of hydrogen-bond acceptors (Lipinski definition) is 3. The van der Waals surface area contributed by atoms with E-state index >= 15 is 0 Å². The number of hydrogen-bond donors (Lipinski definition) is 3. The summed E-state index contributed by atoms with van der Waals surface area (Å²) in [6.45, 7) is 5.86. The number of carboxylic acids is 1. The van der Waals surface area contributed by atoms with E-state index in [1.165, 1.54) is 0 Å². The predicted octanol–water partition coefficient (Wildman–Crippen LogP) is 1.57. The van der Waals surface area contributed by atoms with Crippen molar-refractivity contribution in [2.75, 3.05) is 6.54 Å². The molecular weight excluding hydrogens is 260 g/mol. The molecule has 0 bridgehead atoms. The number of aliphatic hydroxyl groups excluding tert-OH is 1. The van der Waals surface area contributed by atoms with Gasteiger partial charge in [-0.1, -0.05) is 0 Å². The van der Waals surface area contributed by atoms with Gasteiger partial charge in [-0.15, -0.1) is 0 Å². The summed E-state index contributed by atoms with van der Waals surface area (Å²) in [4.78, 5) is 24.6. The zero-order valence-electron chi connectivity index (χ0n) is 12.6. The molecule has 0 atom stereocenters. The molecule has 0 aromatic heterocycles. The van der Waals surface area contributed by atoms with Gasteiger partial charge in [0.15, 0.2) is 0 Å². The van der Waals surface area contributed by atoms with E-state index in [1.54, 1.807) is 4.90 Å². The second-order valence-corrected chi connectivity index (χ2v) is 6.42. The first kappa shape index (κ1) is 16.8. The molecule has 0 unspecified atom stereocenters. The molecule has 1 saturated carbocycles. The SMILES string of the molecule is CC(C)(C)N(CCC(=O)O)C(=O)NC1CCC(O)CC1. The van der Waals surface area contributed by atoms with Crippen molar-refractivity contribution in [3.8, 4) is 0 Å². The van der Waals surface area contributed by atoms with E-state index in [0.717, 1.165) is 12.8 Å². The lowest BCUT2D eigenvalue weighted by atomic mass is 9.93. The number of carboxylic acid groups (broad SMARTS) is 1. The average Bonchev–Trinajstić information content (AvgIpc) is 2.30. The lowest BCUT2D eigenvalue weighted by molar-refractivity contribution is -0.137. The first-order valence-corrected chi connectivity index (χ1v) is 7.18. The summed E-state index contributed by atoms with van der Waals surface area (Å²) in [6, 6.07) is -0.152. The highest BCUT2D eigenvalue weighted by atomic mass is 16.4. The number of aliphatic carboxylic acids is 1. The van der Waals surface area contributed by atoms with Crippen LogP contribution in [0.5, 0.6) is 0 Å². The Labute approximate surface area is 120 Å². The summed E-state index contributed by atoms with van der Waals surface area (Å²) in [5.74, 6) is -0.909. The van der Waals surface area contributed by atoms with Crippen LogP contribution in [-0.2, 0) is 4.79 Å². The Morgan fingerprint density at radius 1 is 1.20 bits per heavy atom. The highest BCUT2D eigenvalue weighted by Gasteiger charge is 2.29. The Hall–Kier alpha value is -1.30. The standard InChI is InChI=1S/C14H26N2O4/c1-14(2,3)16(9-8-12(18)19)13(20)15-10-4-6-11(17)7-5-10/h10-11,17H,4-9H2,1-3H3,(H,15,20)(H,18,19). The van der Waals surface area contributed by atoms with E-state index in [1.807, 2.05) is 20.8 Å². The molecule has 0 spiro atoms. The molecule has 0 radical (unpaired) electrons. The minimum atomic E-state index is -0.909. The molecule has 0 aromatic rings. The Kier molecular flexibility index (Phi) is 5.80. The Morgan fingerprint density at radius 2 is 1.75 bits per heavy atom. The van der Waals surface area contributed by atoms with Gasteiger partial charge in [-0.25, -0.2) is 4.79 Å². The fraction of sp³-hybridized carbons (Fsp3) is 0.857. The van der Waals surface area contributed by atoms with Crippen LogP contribution in [0.25, 0.3) is 0 Å². The van der Waals surface area contributed by atoms with Crippen molar-refractivity contribution in [2.45, 2.75) is 70.6 Å². The molecule has 0 aromatic carbocycles. The van der Waals surface area contributed by atoms with Gasteiger partial charge in [0, 0.05) is 18.1 Å². The van der Waals surface area contributed by atoms with Crippen LogP contribution in [0, 0.1) is 0 Å². The first-order chi connectivity index (χ1) is 9.20. The maximum absolute atomic E-state index is 12.3. The molecule has 3 N–H and O–H groups in total. The van der Waals surface area contributed by atoms with Crippen molar-refractivity contribution in [3.63, 3.8) is 0 Å². The van der Waals surface area contributed by atoms with E-state index in [2.05, 4.69) is 5.32 Å². The third-order valence-corrected chi connectivity index (χ3v) is 3.63. The number of nitrogens with one attached hydrogen (secondary N) is 1. The number of amides is 2. The highest BCUT2D eigenvalue weighted by Crippen LogP contribution is 2.20. The van der Waals surface area contributed by atoms with Crippen molar-refractivity contribution < 1.29 is 19.8 Å². The molecule has 1 fully saturated rings. The van der Waals surface area contributed by atoms with Gasteiger partial charge in [0.1, 0.15) is 0 Å². The fourth-order valence-electron chi connectivity index (χ4n) is 2.42. The maximum Gasteiger partial charge on any atom is 0.318 e. The van der Waals surface area contributed by atoms with Crippen molar-refractivity contribution in [2.24, 2.45) is 0 Å². The molecule has 1 rings (SSSR count). The lowest BCUT2D eigenvalue weighted by Crippen LogP contribution is -2.53. The van der Waals surface area contributed by atoms with Gasteiger partial charge >= 0.3 is 12.0 Å². The van der Waals surface area contributed by atoms with Crippen LogP contribution in [0.15, 0.2) is 0 Å². The van der Waals surface area contributed by atoms with Crippen molar-refractivity contribution in [3.05, 3.63) is 0 Å². The number of carbonyl (C=O) groups is 2. The highest BCUT2D eigenvalue weighted by molar-refractivity contribution is 5.76. The summed E-state index contributed by atoms with van der Waals surface area (Å²) in [6.07, 6.45) is 2.63. The molecular formula is C14H26N2O4. The average molecular weight is 286 g/mol. The monoisotopic (exact) mass is 286 g/mol. The molecule has 0 heterocycles. The van der Waals surface area contributed by atoms with E-state index in [-0.39, 0.29) is 31.1 Å². The van der Waals surface area contributed by atoms with Crippen LogP contribution < -0.4 is 5.32 Å². The van der Waals surface area contributed by atoms with Crippen LogP contribution in [-0.4, -0.2) is 51.3 Å². The summed E-state index contributed by atoms with van der Waals surface area (Å²) in [5, 5.41) is 21.2. The number of nitrogens with zero attached hydrogens (tertiary/aromatic N) is 1. The van der Waals surface area contributed by atoms with Gasteiger partial charge in [0.25, 0.3) is 0 Å². The van der Waals surface area contributed by atoms with Crippen molar-refractivity contribution in [1.82, 2.24) is 10.2 Å². The molecule has 1 aliphatic rings. The van der Waals surface area contributed by atoms with Crippen LogP contribution in [0.2, 0.25) is 0 Å². The third kappa shape index (κ3) is 5.36. The van der Waals surface area contributed by atoms with Crippen molar-refractivity contribution >= 4 is 12.0 Å². The van der Waals surface area contributed by atoms with E-state index in [0.29, 0.717) is 12.8 Å². The minimum absolute atomic E-state index is 0.0614. The second kappa shape index (κ2) is 6.92. The van der Waals surface area contributed by atoms with Gasteiger partial charge in [-0.05, 0) is 46.5 Å². The lowest BCUT2D eigenvalue weighted by Gasteiger charge is -2.37. The molecule has 6 nitrogen and oxygen atoms in total. The van der Waals surface area contributed by atoms with Gasteiger partial charge in [0.05, 0.1) is 12.5 Å². The summed E-state index contributed by atoms with van der Waals surface area (Å²) in [7, 11) is 0. The van der Waals surface area contributed by atoms with Gasteiger partial charge in [-0.3, -0.25) is 4.79 Å². The summed E-state index contributed by atoms with van der Waals surface area (Å²) < 4.78 is 0. The number of carbonyl (C=O) groups excluding carboxylic acids is 1. The van der Waals surface area contributed by atoms with E-state index in [4.69, 9.17) is 5.11 Å². The van der Waals surface area contributed by atoms with Crippen molar-refractivity contribution in [1.29, 1.82) is 0 Å². The number of urea groups is 1. The molecule has 2 amide bonds. The number of aliphatic hydroxyl groups is 1. The summed E-state index contributed by atoms with van der Waals surface area (Å²) in [5.41, 5.74) is -0.423. The van der Waals surface area contributed by atoms with Gasteiger partial charge in [0.2, 0.25) is 0 Å². The van der Waals surface area contributed by atoms with Crippen LogP contribution in [0.3, 0.4) is 0 Å². The smallest absolute Gasteiger partial charge is 0.318 e. The second-order valence-electron chi connectivity index (χ2n) is 6.42. The van der Waals surface area contributed by atoms with Gasteiger partial charge < -0.3 is 20.4 Å². The molecule has 0 saturated heterocycles. The Bertz CT molecular complexity index is 344. The minimum Gasteiger partial charge on any atom is -0.481 e. The van der Waals surface area contributed by atoms with E-state index in [9.17, 15) is 14.7 Å². The fourth-order valence-corrected chi connectivity index (χ4v) is 2.42. The maximum atomic E-state index is 12.3. The molecule has 20 heavy (non-hydrogen) atoms.